The zero-order chi connectivity index (χ0) is 22.4. The number of carbonyl (C=O) groups excluding carboxylic acids is 1. The maximum Gasteiger partial charge on any atom is 0.255 e. The van der Waals surface area contributed by atoms with Crippen LogP contribution in [0.4, 0.5) is 0 Å². The van der Waals surface area contributed by atoms with Crippen molar-refractivity contribution in [2.75, 3.05) is 6.54 Å². The van der Waals surface area contributed by atoms with E-state index in [1.165, 1.54) is 36.7 Å². The van der Waals surface area contributed by atoms with Gasteiger partial charge in [0.2, 0.25) is 10.0 Å². The fourth-order valence-electron chi connectivity index (χ4n) is 2.57. The summed E-state index contributed by atoms with van der Waals surface area (Å²) in [4.78, 5) is 12.4. The topological polar surface area (TPSA) is 92.0 Å². The number of hydrazone groups is 1. The molecule has 3 rings (SSSR count). The Morgan fingerprint density at radius 1 is 1.03 bits per heavy atom. The van der Waals surface area contributed by atoms with Crippen LogP contribution in [0.15, 0.2) is 75.3 Å². The summed E-state index contributed by atoms with van der Waals surface area (Å²) in [5.41, 5.74) is 2.65. The second-order valence-electron chi connectivity index (χ2n) is 6.24. The van der Waals surface area contributed by atoms with E-state index in [0.717, 1.165) is 4.31 Å². The first kappa shape index (κ1) is 23.3. The van der Waals surface area contributed by atoms with Gasteiger partial charge in [-0.05, 0) is 48.5 Å². The van der Waals surface area contributed by atoms with E-state index in [9.17, 15) is 13.2 Å². The molecule has 0 aliphatic rings. The van der Waals surface area contributed by atoms with Crippen LogP contribution < -0.4 is 5.43 Å². The first-order chi connectivity index (χ1) is 14.8. The second-order valence-corrected chi connectivity index (χ2v) is 9.42. The zero-order valence-electron chi connectivity index (χ0n) is 15.8. The third-order valence-corrected chi connectivity index (χ3v) is 6.86. The van der Waals surface area contributed by atoms with Crippen LogP contribution in [0.1, 0.15) is 11.3 Å². The third-order valence-electron chi connectivity index (χ3n) is 4.09. The van der Waals surface area contributed by atoms with Gasteiger partial charge in [-0.1, -0.05) is 40.9 Å². The molecule has 0 saturated heterocycles. The SMILES string of the molecule is O=C(CN(Cc1c(Cl)cccc1Cl)S(=O)(=O)c1ccc(Cl)cc1)N/N=C\c1ccco1. The fraction of sp³-hybridized carbons (Fsp3) is 0.100. The fourth-order valence-corrected chi connectivity index (χ4v) is 4.58. The van der Waals surface area contributed by atoms with Gasteiger partial charge in [-0.15, -0.1) is 0 Å². The normalized spacial score (nSPS) is 11.9. The molecule has 0 saturated carbocycles. The number of rotatable bonds is 8. The molecule has 0 spiro atoms. The van der Waals surface area contributed by atoms with Gasteiger partial charge in [-0.3, -0.25) is 4.79 Å². The van der Waals surface area contributed by atoms with Crippen LogP contribution in [-0.4, -0.2) is 31.4 Å². The number of amides is 1. The quantitative estimate of drug-likeness (QED) is 0.362. The number of nitrogens with one attached hydrogen (secondary N) is 1. The Kier molecular flexibility index (Phi) is 7.74. The van der Waals surface area contributed by atoms with Crippen molar-refractivity contribution in [2.45, 2.75) is 11.4 Å². The van der Waals surface area contributed by atoms with Crippen molar-refractivity contribution in [3.63, 3.8) is 0 Å². The predicted molar refractivity (Wildman–Crippen MR) is 120 cm³/mol. The van der Waals surface area contributed by atoms with Crippen LogP contribution in [0, 0.1) is 0 Å². The summed E-state index contributed by atoms with van der Waals surface area (Å²) >= 11 is 18.3. The Hall–Kier alpha value is -2.36. The zero-order valence-corrected chi connectivity index (χ0v) is 18.9. The van der Waals surface area contributed by atoms with Crippen molar-refractivity contribution in [1.82, 2.24) is 9.73 Å². The number of carbonyl (C=O) groups is 1. The van der Waals surface area contributed by atoms with Crippen molar-refractivity contribution in [3.8, 4) is 0 Å². The summed E-state index contributed by atoms with van der Waals surface area (Å²) in [5, 5.41) is 4.70. The summed E-state index contributed by atoms with van der Waals surface area (Å²) in [6.07, 6.45) is 2.75. The highest BCUT2D eigenvalue weighted by atomic mass is 35.5. The molecule has 0 unspecified atom stereocenters. The number of hydrogen-bond acceptors (Lipinski definition) is 5. The molecule has 1 N–H and O–H groups in total. The molecule has 1 aromatic heterocycles. The van der Waals surface area contributed by atoms with E-state index in [1.807, 2.05) is 0 Å². The van der Waals surface area contributed by atoms with Gasteiger partial charge in [0.15, 0.2) is 0 Å². The van der Waals surface area contributed by atoms with E-state index in [4.69, 9.17) is 39.2 Å². The molecule has 1 heterocycles. The Morgan fingerprint density at radius 2 is 1.71 bits per heavy atom. The molecule has 31 heavy (non-hydrogen) atoms. The lowest BCUT2D eigenvalue weighted by molar-refractivity contribution is -0.121. The number of halogens is 3. The molecular weight excluding hydrogens is 485 g/mol. The average Bonchev–Trinajstić information content (AvgIpc) is 3.24. The van der Waals surface area contributed by atoms with Gasteiger partial charge in [0.25, 0.3) is 5.91 Å². The van der Waals surface area contributed by atoms with Crippen LogP contribution in [0.3, 0.4) is 0 Å². The lowest BCUT2D eigenvalue weighted by atomic mass is 10.2. The minimum absolute atomic E-state index is 0.0352. The summed E-state index contributed by atoms with van der Waals surface area (Å²) in [6.45, 7) is -0.749. The van der Waals surface area contributed by atoms with Crippen molar-refractivity contribution in [1.29, 1.82) is 0 Å². The van der Waals surface area contributed by atoms with Crippen molar-refractivity contribution in [3.05, 3.63) is 87.3 Å². The van der Waals surface area contributed by atoms with E-state index < -0.39 is 22.5 Å². The van der Waals surface area contributed by atoms with Crippen LogP contribution in [-0.2, 0) is 21.4 Å². The molecule has 0 radical (unpaired) electrons. The lowest BCUT2D eigenvalue weighted by Gasteiger charge is -2.22. The summed E-state index contributed by atoms with van der Waals surface area (Å²) in [7, 11) is -4.09. The first-order valence-electron chi connectivity index (χ1n) is 8.81. The molecule has 0 aliphatic heterocycles. The van der Waals surface area contributed by atoms with E-state index in [0.29, 0.717) is 16.3 Å². The smallest absolute Gasteiger partial charge is 0.255 e. The summed E-state index contributed by atoms with van der Waals surface area (Å²) in [6, 6.07) is 13.7. The molecule has 2 aromatic carbocycles. The van der Waals surface area contributed by atoms with Gasteiger partial charge in [-0.2, -0.15) is 9.41 Å². The molecule has 3 aromatic rings. The van der Waals surface area contributed by atoms with E-state index in [1.54, 1.807) is 30.3 Å². The minimum atomic E-state index is -4.09. The number of benzene rings is 2. The Labute approximate surface area is 194 Å². The Bertz CT molecular complexity index is 1160. The van der Waals surface area contributed by atoms with Gasteiger partial charge in [0.1, 0.15) is 5.76 Å². The predicted octanol–water partition coefficient (Wildman–Crippen LogP) is 4.58. The molecule has 0 bridgehead atoms. The van der Waals surface area contributed by atoms with Gasteiger partial charge in [0.05, 0.1) is 23.9 Å². The molecule has 11 heteroatoms. The first-order valence-corrected chi connectivity index (χ1v) is 11.4. The highest BCUT2D eigenvalue weighted by Gasteiger charge is 2.28. The second kappa shape index (κ2) is 10.3. The molecular formula is C20H16Cl3N3O4S. The number of hydrogen-bond donors (Lipinski definition) is 1. The summed E-state index contributed by atoms with van der Waals surface area (Å²) in [5.74, 6) is -0.239. The van der Waals surface area contributed by atoms with Gasteiger partial charge in [0, 0.05) is 27.2 Å². The van der Waals surface area contributed by atoms with Crippen LogP contribution in [0.5, 0.6) is 0 Å². The molecule has 0 atom stereocenters. The number of sulfonamides is 1. The molecule has 1 amide bonds. The molecule has 7 nitrogen and oxygen atoms in total. The highest BCUT2D eigenvalue weighted by molar-refractivity contribution is 7.89. The van der Waals surface area contributed by atoms with Crippen LogP contribution in [0.2, 0.25) is 15.1 Å². The van der Waals surface area contributed by atoms with Crippen LogP contribution in [0.25, 0.3) is 0 Å². The van der Waals surface area contributed by atoms with Gasteiger partial charge < -0.3 is 4.42 Å². The van der Waals surface area contributed by atoms with E-state index >= 15 is 0 Å². The Morgan fingerprint density at radius 3 is 2.32 bits per heavy atom. The maximum atomic E-state index is 13.2. The monoisotopic (exact) mass is 499 g/mol. The van der Waals surface area contributed by atoms with Crippen molar-refractivity contribution < 1.29 is 17.6 Å². The number of furan rings is 1. The molecule has 162 valence electrons. The van der Waals surface area contributed by atoms with E-state index in [2.05, 4.69) is 10.5 Å². The standard InChI is InChI=1S/C20H16Cl3N3O4S/c21-14-6-8-16(9-7-14)31(28,29)26(12-17-18(22)4-1-5-19(17)23)13-20(27)25-24-11-15-3-2-10-30-15/h1-11H,12-13H2,(H,25,27)/b24-11-. The Balaban J connectivity index is 1.86. The molecule has 0 fully saturated rings. The van der Waals surface area contributed by atoms with Crippen molar-refractivity contribution >= 4 is 56.9 Å². The number of nitrogens with zero attached hydrogens (tertiary/aromatic N) is 2. The lowest BCUT2D eigenvalue weighted by Crippen LogP contribution is -2.39. The van der Waals surface area contributed by atoms with Gasteiger partial charge in [-0.25, -0.2) is 13.8 Å². The molecule has 0 aliphatic carbocycles. The minimum Gasteiger partial charge on any atom is -0.463 e. The van der Waals surface area contributed by atoms with E-state index in [-0.39, 0.29) is 21.5 Å². The van der Waals surface area contributed by atoms with Gasteiger partial charge >= 0.3 is 0 Å². The third kappa shape index (κ3) is 6.09. The van der Waals surface area contributed by atoms with Crippen LogP contribution >= 0.6 is 34.8 Å². The van der Waals surface area contributed by atoms with Crippen molar-refractivity contribution in [2.24, 2.45) is 5.10 Å². The largest absolute Gasteiger partial charge is 0.463 e. The summed E-state index contributed by atoms with van der Waals surface area (Å²) < 4.78 is 32.5. The average molecular weight is 501 g/mol. The maximum absolute atomic E-state index is 13.2. The highest BCUT2D eigenvalue weighted by Crippen LogP contribution is 2.28.